The van der Waals surface area contributed by atoms with Gasteiger partial charge in [-0.05, 0) is 24.1 Å². The Hall–Kier alpha value is -2.58. The highest BCUT2D eigenvalue weighted by atomic mass is 16.5. The van der Waals surface area contributed by atoms with Crippen LogP contribution in [0.4, 0.5) is 5.95 Å². The Bertz CT molecular complexity index is 750. The third-order valence-corrected chi connectivity index (χ3v) is 4.96. The number of hydrogen-bond acceptors (Lipinski definition) is 7. The second-order valence-electron chi connectivity index (χ2n) is 6.81. The van der Waals surface area contributed by atoms with E-state index in [4.69, 9.17) is 9.47 Å². The molecule has 2 aliphatic heterocycles. The zero-order chi connectivity index (χ0) is 18.5. The van der Waals surface area contributed by atoms with Gasteiger partial charge in [-0.1, -0.05) is 0 Å². The minimum atomic E-state index is -0.168. The fraction of sp³-hybridized carbons (Fsp3) is 0.474. The van der Waals surface area contributed by atoms with Gasteiger partial charge in [0.2, 0.25) is 5.95 Å². The average Bonchev–Trinajstić information content (AvgIpc) is 3.16. The zero-order valence-electron chi connectivity index (χ0n) is 15.1. The van der Waals surface area contributed by atoms with Crippen molar-refractivity contribution in [3.63, 3.8) is 0 Å². The van der Waals surface area contributed by atoms with Crippen molar-refractivity contribution < 1.29 is 14.3 Å². The van der Waals surface area contributed by atoms with E-state index in [1.807, 2.05) is 12.1 Å². The first kappa shape index (κ1) is 17.8. The minimum Gasteiger partial charge on any atom is -0.379 e. The van der Waals surface area contributed by atoms with E-state index in [9.17, 15) is 4.79 Å². The standard InChI is InChI=1S/C19H23N5O3/c25-18(16-10-21-19(22-11-16)24-5-7-26-8-6-24)23-17-13-27-12-15(17)9-14-1-3-20-4-2-14/h1-4,10-11,15,17H,5-9,12-13H2,(H,23,25)/t15-,17-/m1/s1. The van der Waals surface area contributed by atoms with Crippen molar-refractivity contribution in [3.8, 4) is 0 Å². The molecular formula is C19H23N5O3. The Balaban J connectivity index is 1.36. The largest absolute Gasteiger partial charge is 0.379 e. The molecule has 4 heterocycles. The number of nitrogens with zero attached hydrogens (tertiary/aromatic N) is 4. The van der Waals surface area contributed by atoms with E-state index < -0.39 is 0 Å². The summed E-state index contributed by atoms with van der Waals surface area (Å²) in [4.78, 5) is 27.4. The van der Waals surface area contributed by atoms with Gasteiger partial charge in [0.25, 0.3) is 5.91 Å². The fourth-order valence-corrected chi connectivity index (χ4v) is 3.40. The molecule has 0 bridgehead atoms. The highest BCUT2D eigenvalue weighted by molar-refractivity contribution is 5.93. The molecule has 1 N–H and O–H groups in total. The highest BCUT2D eigenvalue weighted by Crippen LogP contribution is 2.19. The quantitative estimate of drug-likeness (QED) is 0.830. The maximum atomic E-state index is 12.6. The monoisotopic (exact) mass is 369 g/mol. The van der Waals surface area contributed by atoms with Gasteiger partial charge in [0.1, 0.15) is 0 Å². The first-order valence-corrected chi connectivity index (χ1v) is 9.22. The van der Waals surface area contributed by atoms with Crippen molar-refractivity contribution in [2.75, 3.05) is 44.4 Å². The molecule has 27 heavy (non-hydrogen) atoms. The van der Waals surface area contributed by atoms with Crippen LogP contribution in [-0.4, -0.2) is 66.4 Å². The molecular weight excluding hydrogens is 346 g/mol. The third-order valence-electron chi connectivity index (χ3n) is 4.96. The van der Waals surface area contributed by atoms with Gasteiger partial charge in [0.05, 0.1) is 38.0 Å². The molecule has 0 saturated carbocycles. The van der Waals surface area contributed by atoms with Gasteiger partial charge in [-0.2, -0.15) is 0 Å². The van der Waals surface area contributed by atoms with E-state index in [-0.39, 0.29) is 17.9 Å². The van der Waals surface area contributed by atoms with Crippen molar-refractivity contribution in [2.24, 2.45) is 5.92 Å². The topological polar surface area (TPSA) is 89.5 Å². The molecule has 2 aromatic rings. The van der Waals surface area contributed by atoms with Crippen molar-refractivity contribution >= 4 is 11.9 Å². The highest BCUT2D eigenvalue weighted by Gasteiger charge is 2.30. The summed E-state index contributed by atoms with van der Waals surface area (Å²) >= 11 is 0. The summed E-state index contributed by atoms with van der Waals surface area (Å²) in [6, 6.07) is 3.97. The number of aromatic nitrogens is 3. The van der Waals surface area contributed by atoms with Gasteiger partial charge in [-0.25, -0.2) is 9.97 Å². The van der Waals surface area contributed by atoms with Crippen LogP contribution in [0.15, 0.2) is 36.9 Å². The molecule has 0 unspecified atom stereocenters. The van der Waals surface area contributed by atoms with Crippen molar-refractivity contribution in [1.29, 1.82) is 0 Å². The summed E-state index contributed by atoms with van der Waals surface area (Å²) in [5.74, 6) is 0.707. The zero-order valence-corrected chi connectivity index (χ0v) is 15.1. The molecule has 1 amide bonds. The van der Waals surface area contributed by atoms with Crippen LogP contribution in [0.3, 0.4) is 0 Å². The van der Waals surface area contributed by atoms with E-state index in [1.165, 1.54) is 5.56 Å². The molecule has 2 fully saturated rings. The van der Waals surface area contributed by atoms with Crippen LogP contribution in [0.5, 0.6) is 0 Å². The molecule has 8 heteroatoms. The molecule has 4 rings (SSSR count). The Morgan fingerprint density at radius 3 is 2.59 bits per heavy atom. The van der Waals surface area contributed by atoms with Gasteiger partial charge in [0.15, 0.2) is 0 Å². The van der Waals surface area contributed by atoms with Crippen LogP contribution in [0.2, 0.25) is 0 Å². The van der Waals surface area contributed by atoms with Crippen LogP contribution in [0.25, 0.3) is 0 Å². The maximum Gasteiger partial charge on any atom is 0.254 e. The molecule has 0 aliphatic carbocycles. The number of hydrogen-bond donors (Lipinski definition) is 1. The lowest BCUT2D eigenvalue weighted by atomic mass is 9.95. The molecule has 142 valence electrons. The van der Waals surface area contributed by atoms with E-state index in [0.717, 1.165) is 19.5 Å². The number of rotatable bonds is 5. The van der Waals surface area contributed by atoms with Gasteiger partial charge >= 0.3 is 0 Å². The number of anilines is 1. The smallest absolute Gasteiger partial charge is 0.254 e. The molecule has 2 atom stereocenters. The first-order chi connectivity index (χ1) is 13.3. The lowest BCUT2D eigenvalue weighted by Crippen LogP contribution is -2.41. The van der Waals surface area contributed by atoms with Crippen molar-refractivity contribution in [2.45, 2.75) is 12.5 Å². The van der Waals surface area contributed by atoms with Crippen LogP contribution in [0, 0.1) is 5.92 Å². The molecule has 2 aromatic heterocycles. The molecule has 0 radical (unpaired) electrons. The van der Waals surface area contributed by atoms with Gasteiger partial charge in [-0.3, -0.25) is 9.78 Å². The summed E-state index contributed by atoms with van der Waals surface area (Å²) in [5, 5.41) is 3.07. The predicted octanol–water partition coefficient (Wildman–Crippen LogP) is 0.696. The molecule has 2 aliphatic rings. The van der Waals surface area contributed by atoms with Gasteiger partial charge < -0.3 is 19.7 Å². The maximum absolute atomic E-state index is 12.6. The van der Waals surface area contributed by atoms with E-state index in [1.54, 1.807) is 24.8 Å². The number of morpholine rings is 1. The number of nitrogens with one attached hydrogen (secondary N) is 1. The number of ether oxygens (including phenoxy) is 2. The van der Waals surface area contributed by atoms with Gasteiger partial charge in [-0.15, -0.1) is 0 Å². The van der Waals surface area contributed by atoms with E-state index in [2.05, 4.69) is 25.2 Å². The third kappa shape index (κ3) is 4.40. The summed E-state index contributed by atoms with van der Waals surface area (Å²) in [6.07, 6.45) is 7.58. The lowest BCUT2D eigenvalue weighted by Gasteiger charge is -2.26. The molecule has 8 nitrogen and oxygen atoms in total. The summed E-state index contributed by atoms with van der Waals surface area (Å²) in [6.45, 7) is 4.04. The van der Waals surface area contributed by atoms with Crippen LogP contribution >= 0.6 is 0 Å². The minimum absolute atomic E-state index is 0.0235. The number of pyridine rings is 1. The van der Waals surface area contributed by atoms with Gasteiger partial charge in [0, 0.05) is 43.8 Å². The van der Waals surface area contributed by atoms with Crippen LogP contribution < -0.4 is 10.2 Å². The number of carbonyl (C=O) groups excluding carboxylic acids is 1. The molecule has 2 saturated heterocycles. The van der Waals surface area contributed by atoms with Crippen molar-refractivity contribution in [1.82, 2.24) is 20.3 Å². The first-order valence-electron chi connectivity index (χ1n) is 9.22. The number of carbonyl (C=O) groups is 1. The Morgan fingerprint density at radius 1 is 1.11 bits per heavy atom. The SMILES string of the molecule is O=C(N[C@@H]1COC[C@H]1Cc1ccncc1)c1cnc(N2CCOCC2)nc1. The second-order valence-corrected chi connectivity index (χ2v) is 6.81. The Labute approximate surface area is 157 Å². The van der Waals surface area contributed by atoms with Crippen LogP contribution in [-0.2, 0) is 15.9 Å². The summed E-state index contributed by atoms with van der Waals surface area (Å²) in [5.41, 5.74) is 1.65. The van der Waals surface area contributed by atoms with Crippen LogP contribution in [0.1, 0.15) is 15.9 Å². The van der Waals surface area contributed by atoms with E-state index in [0.29, 0.717) is 37.9 Å². The summed E-state index contributed by atoms with van der Waals surface area (Å²) < 4.78 is 10.9. The average molecular weight is 369 g/mol. The van der Waals surface area contributed by atoms with Crippen molar-refractivity contribution in [3.05, 3.63) is 48.0 Å². The van der Waals surface area contributed by atoms with E-state index >= 15 is 0 Å². The summed E-state index contributed by atoms with van der Waals surface area (Å²) in [7, 11) is 0. The molecule has 0 aromatic carbocycles. The second kappa shape index (κ2) is 8.41. The normalized spacial score (nSPS) is 22.6. The molecule has 0 spiro atoms. The fourth-order valence-electron chi connectivity index (χ4n) is 3.40. The number of amides is 1. The lowest BCUT2D eigenvalue weighted by molar-refractivity contribution is 0.0924. The Morgan fingerprint density at radius 2 is 1.85 bits per heavy atom. The Kier molecular flexibility index (Phi) is 5.55. The predicted molar refractivity (Wildman–Crippen MR) is 98.6 cm³/mol.